The zero-order chi connectivity index (χ0) is 11.5. The highest BCUT2D eigenvalue weighted by atomic mass is 16.5. The minimum Gasteiger partial charge on any atom is -0.476 e. The van der Waals surface area contributed by atoms with Crippen molar-refractivity contribution in [2.45, 2.75) is 19.8 Å². The molecule has 0 spiro atoms. The predicted molar refractivity (Wildman–Crippen MR) is 60.9 cm³/mol. The van der Waals surface area contributed by atoms with E-state index in [-0.39, 0.29) is 11.9 Å². The number of unbranched alkanes of at least 4 members (excludes halogenated alkanes) is 1. The normalized spacial score (nSPS) is 10.8. The first kappa shape index (κ1) is 10.5. The van der Waals surface area contributed by atoms with Gasteiger partial charge in [0.05, 0.1) is 6.61 Å². The molecule has 0 amide bonds. The number of hydrogen-bond acceptors (Lipinski definition) is 6. The van der Waals surface area contributed by atoms with Gasteiger partial charge in [-0.3, -0.25) is 0 Å². The molecule has 0 atom stereocenters. The third-order valence-corrected chi connectivity index (χ3v) is 2.09. The van der Waals surface area contributed by atoms with Gasteiger partial charge < -0.3 is 21.2 Å². The minimum atomic E-state index is 0.130. The van der Waals surface area contributed by atoms with E-state index in [0.717, 1.165) is 12.8 Å². The van der Waals surface area contributed by atoms with E-state index >= 15 is 0 Å². The number of nitrogens with one attached hydrogen (secondary N) is 1. The minimum absolute atomic E-state index is 0.130. The van der Waals surface area contributed by atoms with Crippen molar-refractivity contribution < 1.29 is 4.74 Å². The van der Waals surface area contributed by atoms with E-state index < -0.39 is 0 Å². The SMILES string of the molecule is CCCCOc1nc(N)nc2nc(N)[nH]c12. The lowest BCUT2D eigenvalue weighted by molar-refractivity contribution is 0.301. The van der Waals surface area contributed by atoms with Crippen LogP contribution in [-0.4, -0.2) is 26.5 Å². The topological polar surface area (TPSA) is 116 Å². The van der Waals surface area contributed by atoms with Gasteiger partial charge in [0.25, 0.3) is 0 Å². The van der Waals surface area contributed by atoms with Gasteiger partial charge in [0.1, 0.15) is 5.52 Å². The van der Waals surface area contributed by atoms with E-state index in [0.29, 0.717) is 23.7 Å². The van der Waals surface area contributed by atoms with Gasteiger partial charge in [-0.2, -0.15) is 15.0 Å². The molecule has 0 aliphatic heterocycles. The number of hydrogen-bond donors (Lipinski definition) is 3. The second kappa shape index (κ2) is 4.21. The fourth-order valence-electron chi connectivity index (χ4n) is 1.32. The summed E-state index contributed by atoms with van der Waals surface area (Å²) < 4.78 is 5.50. The lowest BCUT2D eigenvalue weighted by atomic mass is 10.4. The van der Waals surface area contributed by atoms with Gasteiger partial charge in [-0.15, -0.1) is 0 Å². The van der Waals surface area contributed by atoms with Crippen LogP contribution in [0.25, 0.3) is 11.2 Å². The summed E-state index contributed by atoms with van der Waals surface area (Å²) in [4.78, 5) is 14.8. The molecule has 0 aromatic carbocycles. The first-order valence-corrected chi connectivity index (χ1v) is 5.12. The first-order valence-electron chi connectivity index (χ1n) is 5.12. The third-order valence-electron chi connectivity index (χ3n) is 2.09. The number of aromatic amines is 1. The summed E-state index contributed by atoms with van der Waals surface area (Å²) >= 11 is 0. The number of nitrogens with two attached hydrogens (primary N) is 2. The summed E-state index contributed by atoms with van der Waals surface area (Å²) in [7, 11) is 0. The van der Waals surface area contributed by atoms with E-state index in [4.69, 9.17) is 16.2 Å². The van der Waals surface area contributed by atoms with Gasteiger partial charge >= 0.3 is 0 Å². The average molecular weight is 222 g/mol. The van der Waals surface area contributed by atoms with Crippen LogP contribution in [0.15, 0.2) is 0 Å². The molecule has 2 aromatic heterocycles. The van der Waals surface area contributed by atoms with Crippen molar-refractivity contribution in [3.63, 3.8) is 0 Å². The maximum absolute atomic E-state index is 5.54. The summed E-state index contributed by atoms with van der Waals surface area (Å²) in [5.41, 5.74) is 12.1. The predicted octanol–water partition coefficient (Wildman–Crippen LogP) is 0.696. The van der Waals surface area contributed by atoms with Crippen LogP contribution in [-0.2, 0) is 0 Å². The molecular formula is C9H14N6O. The maximum atomic E-state index is 5.54. The zero-order valence-corrected chi connectivity index (χ0v) is 9.03. The second-order valence-corrected chi connectivity index (χ2v) is 3.41. The summed E-state index contributed by atoms with van der Waals surface area (Å²) in [5.74, 6) is 0.806. The first-order chi connectivity index (χ1) is 7.70. The molecule has 0 bridgehead atoms. The molecule has 86 valence electrons. The van der Waals surface area contributed by atoms with E-state index in [1.54, 1.807) is 0 Å². The molecule has 7 nitrogen and oxygen atoms in total. The van der Waals surface area contributed by atoms with Crippen molar-refractivity contribution >= 4 is 23.1 Å². The molecule has 0 radical (unpaired) electrons. The van der Waals surface area contributed by atoms with E-state index in [9.17, 15) is 0 Å². The molecule has 0 unspecified atom stereocenters. The number of fused-ring (bicyclic) bond motifs is 1. The molecule has 16 heavy (non-hydrogen) atoms. The Balaban J connectivity index is 2.34. The highest BCUT2D eigenvalue weighted by Crippen LogP contribution is 2.21. The number of nitrogens with zero attached hydrogens (tertiary/aromatic N) is 3. The Hall–Kier alpha value is -2.05. The van der Waals surface area contributed by atoms with Crippen molar-refractivity contribution in [3.05, 3.63) is 0 Å². The Morgan fingerprint density at radius 1 is 1.25 bits per heavy atom. The van der Waals surface area contributed by atoms with Crippen molar-refractivity contribution in [2.24, 2.45) is 0 Å². The Bertz CT molecular complexity index is 494. The van der Waals surface area contributed by atoms with E-state index in [1.165, 1.54) is 0 Å². The van der Waals surface area contributed by atoms with Crippen LogP contribution in [0.1, 0.15) is 19.8 Å². The van der Waals surface area contributed by atoms with Crippen LogP contribution >= 0.6 is 0 Å². The molecule has 0 saturated heterocycles. The summed E-state index contributed by atoms with van der Waals surface area (Å²) in [6.07, 6.45) is 2.00. The fraction of sp³-hybridized carbons (Fsp3) is 0.444. The molecule has 2 aromatic rings. The Morgan fingerprint density at radius 3 is 2.81 bits per heavy atom. The molecule has 0 aliphatic carbocycles. The third kappa shape index (κ3) is 1.97. The van der Waals surface area contributed by atoms with Crippen LogP contribution in [0, 0.1) is 0 Å². The highest BCUT2D eigenvalue weighted by Gasteiger charge is 2.11. The number of anilines is 2. The van der Waals surface area contributed by atoms with Gasteiger partial charge in [0.15, 0.2) is 11.6 Å². The van der Waals surface area contributed by atoms with Gasteiger partial charge in [0, 0.05) is 0 Å². The molecule has 2 rings (SSSR count). The summed E-state index contributed by atoms with van der Waals surface area (Å²) in [5, 5.41) is 0. The number of imidazole rings is 1. The summed E-state index contributed by atoms with van der Waals surface area (Å²) in [6, 6.07) is 0. The van der Waals surface area contributed by atoms with E-state index in [2.05, 4.69) is 26.9 Å². The summed E-state index contributed by atoms with van der Waals surface area (Å²) in [6.45, 7) is 2.67. The Kier molecular flexibility index (Phi) is 2.76. The Morgan fingerprint density at radius 2 is 2.06 bits per heavy atom. The molecule has 5 N–H and O–H groups in total. The van der Waals surface area contributed by atoms with Crippen LogP contribution in [0.3, 0.4) is 0 Å². The molecule has 7 heteroatoms. The van der Waals surface area contributed by atoms with Crippen LogP contribution < -0.4 is 16.2 Å². The second-order valence-electron chi connectivity index (χ2n) is 3.41. The van der Waals surface area contributed by atoms with Crippen molar-refractivity contribution in [1.82, 2.24) is 19.9 Å². The van der Waals surface area contributed by atoms with Crippen LogP contribution in [0.5, 0.6) is 5.88 Å². The largest absolute Gasteiger partial charge is 0.476 e. The van der Waals surface area contributed by atoms with E-state index in [1.807, 2.05) is 0 Å². The molecule has 0 fully saturated rings. The fourth-order valence-corrected chi connectivity index (χ4v) is 1.32. The quantitative estimate of drug-likeness (QED) is 0.655. The molecule has 2 heterocycles. The van der Waals surface area contributed by atoms with Crippen LogP contribution in [0.2, 0.25) is 0 Å². The Labute approximate surface area is 92.2 Å². The monoisotopic (exact) mass is 222 g/mol. The van der Waals surface area contributed by atoms with Gasteiger partial charge in [-0.25, -0.2) is 0 Å². The number of H-pyrrole nitrogens is 1. The molecule has 0 saturated carbocycles. The van der Waals surface area contributed by atoms with Crippen molar-refractivity contribution in [1.29, 1.82) is 0 Å². The van der Waals surface area contributed by atoms with Crippen molar-refractivity contribution in [3.8, 4) is 5.88 Å². The van der Waals surface area contributed by atoms with Gasteiger partial charge in [-0.1, -0.05) is 13.3 Å². The van der Waals surface area contributed by atoms with Crippen molar-refractivity contribution in [2.75, 3.05) is 18.1 Å². The lowest BCUT2D eigenvalue weighted by Crippen LogP contribution is -2.03. The zero-order valence-electron chi connectivity index (χ0n) is 9.03. The molecule has 0 aliphatic rings. The standard InChI is InChI=1S/C9H14N6O/c1-2-3-4-16-7-5-6(13-8(10)12-5)14-9(11)15-7/h2-4H2,1H3,(H5,10,11,12,13,14,15). The average Bonchev–Trinajstić information content (AvgIpc) is 2.58. The number of ether oxygens (including phenoxy) is 1. The number of nitrogen functional groups attached to an aromatic ring is 2. The molecular weight excluding hydrogens is 208 g/mol. The lowest BCUT2D eigenvalue weighted by Gasteiger charge is -2.04. The number of aromatic nitrogens is 4. The van der Waals surface area contributed by atoms with Gasteiger partial charge in [-0.05, 0) is 6.42 Å². The highest BCUT2D eigenvalue weighted by molar-refractivity contribution is 5.79. The smallest absolute Gasteiger partial charge is 0.245 e. The maximum Gasteiger partial charge on any atom is 0.245 e. The number of rotatable bonds is 4. The van der Waals surface area contributed by atoms with Crippen LogP contribution in [0.4, 0.5) is 11.9 Å². The van der Waals surface area contributed by atoms with Gasteiger partial charge in [0.2, 0.25) is 11.8 Å².